The van der Waals surface area contributed by atoms with E-state index in [4.69, 9.17) is 12.2 Å². The fourth-order valence-corrected chi connectivity index (χ4v) is 3.34. The lowest BCUT2D eigenvalue weighted by atomic mass is 10.1. The van der Waals surface area contributed by atoms with E-state index in [1.807, 2.05) is 0 Å². The van der Waals surface area contributed by atoms with E-state index >= 15 is 0 Å². The van der Waals surface area contributed by atoms with Crippen LogP contribution in [0, 0.1) is 0 Å². The van der Waals surface area contributed by atoms with Gasteiger partial charge in [0.05, 0.1) is 0 Å². The van der Waals surface area contributed by atoms with Gasteiger partial charge in [-0.2, -0.15) is 0 Å². The minimum absolute atomic E-state index is 0.899. The molecule has 1 aliphatic rings. The molecule has 2 aromatic carbocycles. The SMILES string of the molecule is S=C(NCCCc1ccccc1)N1CCN(c2ccccc2)CC1. The third-order valence-electron chi connectivity index (χ3n) is 4.45. The number of para-hydroxylation sites is 1. The van der Waals surface area contributed by atoms with Crippen LogP contribution in [0.2, 0.25) is 0 Å². The van der Waals surface area contributed by atoms with E-state index in [1.165, 1.54) is 11.3 Å². The number of nitrogens with one attached hydrogen (secondary N) is 1. The van der Waals surface area contributed by atoms with Crippen molar-refractivity contribution >= 4 is 23.0 Å². The Labute approximate surface area is 150 Å². The molecule has 0 spiro atoms. The minimum Gasteiger partial charge on any atom is -0.368 e. The second-order valence-corrected chi connectivity index (χ2v) is 6.52. The Kier molecular flexibility index (Phi) is 6.07. The number of hydrogen-bond acceptors (Lipinski definition) is 2. The molecule has 0 bridgehead atoms. The second kappa shape index (κ2) is 8.69. The smallest absolute Gasteiger partial charge is 0.169 e. The lowest BCUT2D eigenvalue weighted by molar-refractivity contribution is 0.380. The normalized spacial score (nSPS) is 14.5. The first-order valence-electron chi connectivity index (χ1n) is 8.69. The van der Waals surface area contributed by atoms with Crippen LogP contribution >= 0.6 is 12.2 Å². The summed E-state index contributed by atoms with van der Waals surface area (Å²) < 4.78 is 0. The van der Waals surface area contributed by atoms with Crippen LogP contribution < -0.4 is 10.2 Å². The fraction of sp³-hybridized carbons (Fsp3) is 0.350. The monoisotopic (exact) mass is 339 g/mol. The molecule has 0 saturated carbocycles. The Bertz CT molecular complexity index is 622. The molecule has 24 heavy (non-hydrogen) atoms. The zero-order chi connectivity index (χ0) is 16.6. The van der Waals surface area contributed by atoms with Gasteiger partial charge in [-0.3, -0.25) is 0 Å². The molecule has 3 nitrogen and oxygen atoms in total. The Hall–Kier alpha value is -2.07. The van der Waals surface area contributed by atoms with Crippen molar-refractivity contribution in [3.63, 3.8) is 0 Å². The molecule has 1 heterocycles. The third-order valence-corrected chi connectivity index (χ3v) is 4.85. The maximum absolute atomic E-state index is 5.56. The van der Waals surface area contributed by atoms with Crippen molar-refractivity contribution in [2.75, 3.05) is 37.6 Å². The quantitative estimate of drug-likeness (QED) is 0.665. The van der Waals surface area contributed by atoms with Crippen LogP contribution in [0.5, 0.6) is 0 Å². The standard InChI is InChI=1S/C20H25N3S/c24-20(21-13-7-10-18-8-3-1-4-9-18)23-16-14-22(15-17-23)19-11-5-2-6-12-19/h1-6,8-9,11-12H,7,10,13-17H2,(H,21,24). The van der Waals surface area contributed by atoms with Crippen LogP contribution in [0.25, 0.3) is 0 Å². The van der Waals surface area contributed by atoms with Gasteiger partial charge in [0.2, 0.25) is 0 Å². The zero-order valence-electron chi connectivity index (χ0n) is 14.0. The molecule has 0 aromatic heterocycles. The van der Waals surface area contributed by atoms with Crippen molar-refractivity contribution in [2.24, 2.45) is 0 Å². The van der Waals surface area contributed by atoms with Gasteiger partial charge >= 0.3 is 0 Å². The Morgan fingerprint density at radius 1 is 0.875 bits per heavy atom. The van der Waals surface area contributed by atoms with Gasteiger partial charge in [-0.05, 0) is 42.8 Å². The summed E-state index contributed by atoms with van der Waals surface area (Å²) >= 11 is 5.56. The molecule has 2 aromatic rings. The molecular weight excluding hydrogens is 314 g/mol. The molecule has 4 heteroatoms. The van der Waals surface area contributed by atoms with Crippen LogP contribution in [0.4, 0.5) is 5.69 Å². The average Bonchev–Trinajstić information content (AvgIpc) is 2.67. The van der Waals surface area contributed by atoms with Crippen molar-refractivity contribution < 1.29 is 0 Å². The van der Waals surface area contributed by atoms with Gasteiger partial charge in [-0.25, -0.2) is 0 Å². The van der Waals surface area contributed by atoms with Crippen molar-refractivity contribution in [1.29, 1.82) is 0 Å². The number of anilines is 1. The molecule has 0 atom stereocenters. The maximum atomic E-state index is 5.56. The van der Waals surface area contributed by atoms with Crippen LogP contribution in [-0.4, -0.2) is 42.7 Å². The predicted octanol–water partition coefficient (Wildman–Crippen LogP) is 3.32. The van der Waals surface area contributed by atoms with E-state index in [0.29, 0.717) is 0 Å². The molecule has 1 saturated heterocycles. The van der Waals surface area contributed by atoms with Crippen molar-refractivity contribution in [2.45, 2.75) is 12.8 Å². The van der Waals surface area contributed by atoms with Crippen LogP contribution in [0.1, 0.15) is 12.0 Å². The van der Waals surface area contributed by atoms with E-state index in [1.54, 1.807) is 0 Å². The molecule has 0 unspecified atom stereocenters. The van der Waals surface area contributed by atoms with Crippen LogP contribution in [0.15, 0.2) is 60.7 Å². The number of thiocarbonyl (C=S) groups is 1. The number of piperazine rings is 1. The van der Waals surface area contributed by atoms with Gasteiger partial charge in [0.15, 0.2) is 5.11 Å². The lowest BCUT2D eigenvalue weighted by Gasteiger charge is -2.37. The summed E-state index contributed by atoms with van der Waals surface area (Å²) in [6.45, 7) is 4.96. The van der Waals surface area contributed by atoms with E-state index in [0.717, 1.165) is 50.7 Å². The highest BCUT2D eigenvalue weighted by Crippen LogP contribution is 2.15. The molecule has 0 aliphatic carbocycles. The first kappa shape index (κ1) is 16.8. The van der Waals surface area contributed by atoms with Gasteiger partial charge in [0, 0.05) is 38.4 Å². The van der Waals surface area contributed by atoms with Gasteiger partial charge in [0.1, 0.15) is 0 Å². The first-order valence-corrected chi connectivity index (χ1v) is 9.10. The van der Waals surface area contributed by atoms with E-state index < -0.39 is 0 Å². The van der Waals surface area contributed by atoms with Crippen molar-refractivity contribution in [1.82, 2.24) is 10.2 Å². The zero-order valence-corrected chi connectivity index (χ0v) is 14.8. The molecule has 1 fully saturated rings. The highest BCUT2D eigenvalue weighted by atomic mass is 32.1. The van der Waals surface area contributed by atoms with Crippen LogP contribution in [0.3, 0.4) is 0 Å². The van der Waals surface area contributed by atoms with E-state index in [9.17, 15) is 0 Å². The molecule has 1 aliphatic heterocycles. The minimum atomic E-state index is 0.899. The molecule has 0 radical (unpaired) electrons. The molecular formula is C20H25N3S. The predicted molar refractivity (Wildman–Crippen MR) is 106 cm³/mol. The number of benzene rings is 2. The highest BCUT2D eigenvalue weighted by molar-refractivity contribution is 7.80. The number of nitrogens with zero attached hydrogens (tertiary/aromatic N) is 2. The molecule has 3 rings (SSSR count). The number of hydrogen-bond donors (Lipinski definition) is 1. The summed E-state index contributed by atoms with van der Waals surface area (Å²) in [5.74, 6) is 0. The Balaban J connectivity index is 1.36. The molecule has 0 amide bonds. The summed E-state index contributed by atoms with van der Waals surface area (Å²) in [6, 6.07) is 21.2. The summed E-state index contributed by atoms with van der Waals surface area (Å²) in [5.41, 5.74) is 2.69. The fourth-order valence-electron chi connectivity index (χ4n) is 3.05. The Morgan fingerprint density at radius 2 is 1.50 bits per heavy atom. The molecule has 1 N–H and O–H groups in total. The topological polar surface area (TPSA) is 18.5 Å². The number of rotatable bonds is 5. The molecule has 126 valence electrons. The van der Waals surface area contributed by atoms with Crippen molar-refractivity contribution in [3.05, 3.63) is 66.2 Å². The van der Waals surface area contributed by atoms with Crippen LogP contribution in [-0.2, 0) is 6.42 Å². The Morgan fingerprint density at radius 3 is 2.17 bits per heavy atom. The second-order valence-electron chi connectivity index (χ2n) is 6.13. The summed E-state index contributed by atoms with van der Waals surface area (Å²) in [6.07, 6.45) is 2.20. The van der Waals surface area contributed by atoms with E-state index in [2.05, 4.69) is 75.8 Å². The van der Waals surface area contributed by atoms with Gasteiger partial charge in [-0.1, -0.05) is 48.5 Å². The van der Waals surface area contributed by atoms with Gasteiger partial charge in [-0.15, -0.1) is 0 Å². The first-order chi connectivity index (χ1) is 11.8. The summed E-state index contributed by atoms with van der Waals surface area (Å²) in [5, 5.41) is 4.31. The summed E-state index contributed by atoms with van der Waals surface area (Å²) in [4.78, 5) is 4.71. The van der Waals surface area contributed by atoms with Gasteiger partial charge < -0.3 is 15.1 Å². The average molecular weight is 340 g/mol. The lowest BCUT2D eigenvalue weighted by Crippen LogP contribution is -2.51. The van der Waals surface area contributed by atoms with E-state index in [-0.39, 0.29) is 0 Å². The largest absolute Gasteiger partial charge is 0.368 e. The number of aryl methyl sites for hydroxylation is 1. The van der Waals surface area contributed by atoms with Crippen molar-refractivity contribution in [3.8, 4) is 0 Å². The van der Waals surface area contributed by atoms with Gasteiger partial charge in [0.25, 0.3) is 0 Å². The highest BCUT2D eigenvalue weighted by Gasteiger charge is 2.18. The summed E-state index contributed by atoms with van der Waals surface area (Å²) in [7, 11) is 0. The third kappa shape index (κ3) is 4.71. The maximum Gasteiger partial charge on any atom is 0.169 e.